The predicted octanol–water partition coefficient (Wildman–Crippen LogP) is 4.26. The second-order valence-electron chi connectivity index (χ2n) is 8.60. The van der Waals surface area contributed by atoms with Gasteiger partial charge in [-0.05, 0) is 49.7 Å². The van der Waals surface area contributed by atoms with Gasteiger partial charge in [-0.15, -0.1) is 11.8 Å². The number of nitrogens with zero attached hydrogens (tertiary/aromatic N) is 2. The first-order chi connectivity index (χ1) is 15.1. The first-order valence-corrected chi connectivity index (χ1v) is 15.1. The van der Waals surface area contributed by atoms with Crippen molar-refractivity contribution in [2.24, 2.45) is 5.73 Å². The smallest absolute Gasteiger partial charge is 0.412 e. The lowest BCUT2D eigenvalue weighted by Gasteiger charge is -2.43. The summed E-state index contributed by atoms with van der Waals surface area (Å²) in [4.78, 5) is 36.3. The number of amides is 2. The van der Waals surface area contributed by atoms with E-state index in [1.807, 2.05) is 0 Å². The molecule has 1 atom stereocenters. The number of thioether (sulfide) groups is 1. The molecule has 1 aromatic carbocycles. The van der Waals surface area contributed by atoms with E-state index in [2.05, 4.69) is 20.0 Å². The molecule has 0 aromatic heterocycles. The number of hydrogen-bond donors (Lipinski definition) is 1. The van der Waals surface area contributed by atoms with Crippen LogP contribution in [-0.4, -0.2) is 53.9 Å². The quantitative estimate of drug-likeness (QED) is 0.267. The number of ether oxygens (including phenoxy) is 1. The van der Waals surface area contributed by atoms with E-state index in [0.717, 1.165) is 25.3 Å². The van der Waals surface area contributed by atoms with E-state index in [0.29, 0.717) is 24.3 Å². The molecule has 178 valence electrons. The van der Waals surface area contributed by atoms with E-state index in [9.17, 15) is 19.7 Å². The topological polar surface area (TPSA) is 125 Å². The van der Waals surface area contributed by atoms with Crippen LogP contribution in [0, 0.1) is 10.1 Å². The van der Waals surface area contributed by atoms with E-state index in [1.165, 1.54) is 23.9 Å². The Morgan fingerprint density at radius 3 is 2.59 bits per heavy atom. The molecule has 1 saturated heterocycles. The number of unbranched alkanes of at least 4 members (excludes halogenated alkanes) is 1. The van der Waals surface area contributed by atoms with E-state index >= 15 is 0 Å². The predicted molar refractivity (Wildman–Crippen MR) is 127 cm³/mol. The van der Waals surface area contributed by atoms with Gasteiger partial charge in [-0.2, -0.15) is 0 Å². The summed E-state index contributed by atoms with van der Waals surface area (Å²) >= 11 is 1.37. The van der Waals surface area contributed by atoms with E-state index < -0.39 is 31.0 Å². The summed E-state index contributed by atoms with van der Waals surface area (Å²) in [6.07, 6.45) is 3.11. The Bertz CT molecular complexity index is 807. The molecule has 0 saturated carbocycles. The number of primary amides is 1. The summed E-state index contributed by atoms with van der Waals surface area (Å²) in [6.45, 7) is 6.97. The first-order valence-electron chi connectivity index (χ1n) is 10.8. The van der Waals surface area contributed by atoms with Crippen molar-refractivity contribution in [3.05, 3.63) is 39.9 Å². The molecule has 0 bridgehead atoms. The molecular formula is C21H33N3O6SSi. The number of likely N-dealkylation sites (tertiary alicyclic amines) is 1. The molecule has 2 N–H and O–H groups in total. The first kappa shape index (κ1) is 26.1. The van der Waals surface area contributed by atoms with Crippen molar-refractivity contribution in [3.8, 4) is 0 Å². The van der Waals surface area contributed by atoms with E-state index in [4.69, 9.17) is 14.9 Å². The molecule has 32 heavy (non-hydrogen) atoms. The van der Waals surface area contributed by atoms with E-state index in [1.54, 1.807) is 17.0 Å². The number of non-ortho nitro benzene ring substituents is 1. The van der Waals surface area contributed by atoms with Crippen molar-refractivity contribution < 1.29 is 23.7 Å². The van der Waals surface area contributed by atoms with Crippen LogP contribution in [0.4, 0.5) is 10.5 Å². The Hall–Kier alpha value is -2.11. The number of nitro benzene ring substituents is 1. The summed E-state index contributed by atoms with van der Waals surface area (Å²) in [5, 5.41) is 10.8. The molecule has 1 fully saturated rings. The highest BCUT2D eigenvalue weighted by atomic mass is 32.2. The lowest BCUT2D eigenvalue weighted by Crippen LogP contribution is -2.56. The van der Waals surface area contributed by atoms with Crippen LogP contribution in [-0.2, 0) is 20.6 Å². The molecule has 2 amide bonds. The highest BCUT2D eigenvalue weighted by Gasteiger charge is 2.48. The summed E-state index contributed by atoms with van der Waals surface area (Å²) in [7, 11) is -2.07. The molecule has 11 heteroatoms. The summed E-state index contributed by atoms with van der Waals surface area (Å²) in [6, 6.07) is 6.90. The number of nitrogens with two attached hydrogens (primary N) is 1. The fourth-order valence-electron chi connectivity index (χ4n) is 3.81. The second-order valence-corrected chi connectivity index (χ2v) is 13.8. The van der Waals surface area contributed by atoms with Crippen molar-refractivity contribution in [2.45, 2.75) is 64.1 Å². The third-order valence-electron chi connectivity index (χ3n) is 5.34. The largest absolute Gasteiger partial charge is 0.444 e. The van der Waals surface area contributed by atoms with E-state index in [-0.39, 0.29) is 18.0 Å². The van der Waals surface area contributed by atoms with Gasteiger partial charge in [-0.1, -0.05) is 19.8 Å². The summed E-state index contributed by atoms with van der Waals surface area (Å²) in [5.74, 6) is 0.205. The van der Waals surface area contributed by atoms with Crippen LogP contribution in [0.1, 0.15) is 38.2 Å². The summed E-state index contributed by atoms with van der Waals surface area (Å²) < 4.78 is 12.3. The average Bonchev–Trinajstić information content (AvgIpc) is 3.13. The molecule has 2 rings (SSSR count). The molecule has 1 unspecified atom stereocenters. The van der Waals surface area contributed by atoms with Gasteiger partial charge in [0.15, 0.2) is 8.32 Å². The monoisotopic (exact) mass is 483 g/mol. The number of rotatable bonds is 12. The minimum atomic E-state index is -2.07. The number of carbonyl (C=O) groups excluding carboxylic acids is 2. The molecular weight excluding hydrogens is 450 g/mol. The third-order valence-corrected chi connectivity index (χ3v) is 8.98. The zero-order valence-electron chi connectivity index (χ0n) is 19.0. The van der Waals surface area contributed by atoms with Crippen LogP contribution in [0.25, 0.3) is 0 Å². The molecule has 0 spiro atoms. The molecule has 0 radical (unpaired) electrons. The minimum absolute atomic E-state index is 0.00843. The lowest BCUT2D eigenvalue weighted by atomic mass is 10.2. The van der Waals surface area contributed by atoms with Gasteiger partial charge in [0.25, 0.3) is 5.69 Å². The molecule has 1 aliphatic rings. The Morgan fingerprint density at radius 2 is 2.00 bits per heavy atom. The fraction of sp³-hybridized carbons (Fsp3) is 0.619. The molecule has 9 nitrogen and oxygen atoms in total. The van der Waals surface area contributed by atoms with Crippen LogP contribution in [0.2, 0.25) is 19.1 Å². The number of hydrogen-bond acceptors (Lipinski definition) is 7. The fourth-order valence-corrected chi connectivity index (χ4v) is 7.52. The zero-order chi connectivity index (χ0) is 23.8. The van der Waals surface area contributed by atoms with Crippen molar-refractivity contribution in [1.82, 2.24) is 4.90 Å². The number of carbonyl (C=O) groups is 2. The molecule has 1 heterocycles. The maximum Gasteiger partial charge on any atom is 0.412 e. The average molecular weight is 484 g/mol. The van der Waals surface area contributed by atoms with Gasteiger partial charge in [0, 0.05) is 24.4 Å². The molecule has 0 aliphatic carbocycles. The zero-order valence-corrected chi connectivity index (χ0v) is 20.8. The Balaban J connectivity index is 2.12. The maximum absolute atomic E-state index is 13.0. The molecule has 1 aliphatic heterocycles. The molecule has 1 aromatic rings. The van der Waals surface area contributed by atoms with Crippen LogP contribution in [0.5, 0.6) is 0 Å². The van der Waals surface area contributed by atoms with Crippen LogP contribution < -0.4 is 5.73 Å². The highest BCUT2D eigenvalue weighted by molar-refractivity contribution is 8.00. The minimum Gasteiger partial charge on any atom is -0.444 e. The third kappa shape index (κ3) is 7.49. The van der Waals surface area contributed by atoms with Gasteiger partial charge in [0.1, 0.15) is 12.3 Å². The lowest BCUT2D eigenvalue weighted by molar-refractivity contribution is -0.384. The van der Waals surface area contributed by atoms with Crippen LogP contribution in [0.15, 0.2) is 24.3 Å². The number of nitro groups is 1. The van der Waals surface area contributed by atoms with Crippen molar-refractivity contribution in [2.75, 3.05) is 18.1 Å². The van der Waals surface area contributed by atoms with Gasteiger partial charge in [-0.25, -0.2) is 4.79 Å². The summed E-state index contributed by atoms with van der Waals surface area (Å²) in [5.41, 5.74) is 5.13. The standard InChI is InChI=1S/C21H33N3O6SSi/c1-4-5-13-32(2,3)30-21(16-31-15-19(22)25)11-6-12-23(21)20(26)29-14-17-7-9-18(10-8-17)24(27)28/h7-10H,4-6,11-16H2,1-3H3,(H2,22,25). The van der Waals surface area contributed by atoms with Gasteiger partial charge in [0.2, 0.25) is 5.91 Å². The Kier molecular flexibility index (Phi) is 9.53. The van der Waals surface area contributed by atoms with Gasteiger partial charge < -0.3 is 14.9 Å². The van der Waals surface area contributed by atoms with Crippen molar-refractivity contribution >= 4 is 37.8 Å². The maximum atomic E-state index is 13.0. The Labute approximate surface area is 194 Å². The van der Waals surface area contributed by atoms with Gasteiger partial charge >= 0.3 is 6.09 Å². The highest BCUT2D eigenvalue weighted by Crippen LogP contribution is 2.38. The Morgan fingerprint density at radius 1 is 1.31 bits per heavy atom. The van der Waals surface area contributed by atoms with Crippen molar-refractivity contribution in [3.63, 3.8) is 0 Å². The van der Waals surface area contributed by atoms with Crippen molar-refractivity contribution in [1.29, 1.82) is 0 Å². The van der Waals surface area contributed by atoms with Crippen LogP contribution in [0.3, 0.4) is 0 Å². The van der Waals surface area contributed by atoms with Gasteiger partial charge in [0.05, 0.1) is 10.7 Å². The normalized spacial score (nSPS) is 18.5. The van der Waals surface area contributed by atoms with Crippen LogP contribution >= 0.6 is 11.8 Å². The second kappa shape index (κ2) is 11.7. The van der Waals surface area contributed by atoms with Gasteiger partial charge in [-0.3, -0.25) is 19.8 Å². The SMILES string of the molecule is CCCC[Si](C)(C)OC1(CSCC(N)=O)CCCN1C(=O)OCc1ccc([N+](=O)[O-])cc1. The number of benzene rings is 1.